The van der Waals surface area contributed by atoms with Crippen molar-refractivity contribution in [2.75, 3.05) is 11.5 Å². The quantitative estimate of drug-likeness (QED) is 0.129. The number of benzene rings is 1. The predicted octanol–water partition coefficient (Wildman–Crippen LogP) is -0.205. The lowest BCUT2D eigenvalue weighted by Crippen LogP contribution is -2.71. The number of thioether (sulfide) groups is 2. The molecule has 190 valence electrons. The first-order valence-electron chi connectivity index (χ1n) is 10.0. The number of H-pyrrole nitrogens is 1. The number of carboxylic acids is 1. The van der Waals surface area contributed by atoms with Crippen LogP contribution in [0.5, 0.6) is 0 Å². The maximum absolute atomic E-state index is 12.9. The van der Waals surface area contributed by atoms with Crippen molar-refractivity contribution in [3.63, 3.8) is 0 Å². The smallest absolute Gasteiger partial charge is 0.352 e. The second kappa shape index (κ2) is 10.3. The number of aliphatic carboxylic acids is 1. The van der Waals surface area contributed by atoms with E-state index in [1.54, 1.807) is 18.2 Å². The summed E-state index contributed by atoms with van der Waals surface area (Å²) < 4.78 is 32.7. The van der Waals surface area contributed by atoms with Gasteiger partial charge in [-0.05, 0) is 16.3 Å². The Morgan fingerprint density at radius 1 is 1.33 bits per heavy atom. The third-order valence-corrected chi connectivity index (χ3v) is 8.68. The van der Waals surface area contributed by atoms with E-state index in [9.17, 15) is 37.4 Å². The van der Waals surface area contributed by atoms with Gasteiger partial charge in [0.1, 0.15) is 17.1 Å². The van der Waals surface area contributed by atoms with Crippen LogP contribution in [-0.4, -0.2) is 89.6 Å². The minimum atomic E-state index is -4.56. The number of rotatable bonds is 10. The number of β-lactam (4-membered cyclic amide) rings is 1. The molecule has 2 aliphatic heterocycles. The number of carbonyl (C=O) groups is 3. The standard InChI is InChI=1S/C18H17N7O8S3/c26-14(11(22-30)8-4-2-1-3-5-8)19-12-15(27)25-13(17(28)29)9(6-34-16(12)25)10(7-36(31,32)33)35-18-20-23-24-21-18/h1-5,10-12,16H,6-7H2,(H,19,26)(H,28,29)(H,31,32,33)(H,20,21,23,24)/t10?,11?,12?,16-/m0/s1. The number of aromatic amines is 1. The number of tetrazole rings is 1. The molecule has 0 aliphatic carbocycles. The monoisotopic (exact) mass is 555 g/mol. The number of aromatic nitrogens is 4. The third kappa shape index (κ3) is 5.25. The van der Waals surface area contributed by atoms with E-state index < -0.39 is 62.1 Å². The molecule has 2 aliphatic rings. The number of hydrogen-bond donors (Lipinski definition) is 4. The summed E-state index contributed by atoms with van der Waals surface area (Å²) in [7, 11) is -4.56. The van der Waals surface area contributed by atoms with E-state index in [0.717, 1.165) is 28.4 Å². The molecule has 1 aromatic carbocycles. The van der Waals surface area contributed by atoms with E-state index in [-0.39, 0.29) is 16.5 Å². The number of hydrogen-bond acceptors (Lipinski definition) is 12. The van der Waals surface area contributed by atoms with Crippen LogP contribution in [0, 0.1) is 4.91 Å². The molecular weight excluding hydrogens is 538 g/mol. The molecule has 36 heavy (non-hydrogen) atoms. The molecule has 0 bridgehead atoms. The van der Waals surface area contributed by atoms with Crippen molar-refractivity contribution >= 4 is 51.4 Å². The zero-order chi connectivity index (χ0) is 26.0. The molecule has 18 heteroatoms. The summed E-state index contributed by atoms with van der Waals surface area (Å²) in [4.78, 5) is 50.1. The van der Waals surface area contributed by atoms with Crippen molar-refractivity contribution in [3.8, 4) is 0 Å². The molecule has 2 aromatic rings. The molecule has 4 atom stereocenters. The second-order valence-electron chi connectivity index (χ2n) is 7.54. The van der Waals surface area contributed by atoms with E-state index in [2.05, 4.69) is 31.1 Å². The first kappa shape index (κ1) is 25.7. The van der Waals surface area contributed by atoms with Gasteiger partial charge in [0, 0.05) is 5.75 Å². The largest absolute Gasteiger partial charge is 0.477 e. The molecular formula is C18H17N7O8S3. The predicted molar refractivity (Wildman–Crippen MR) is 125 cm³/mol. The fourth-order valence-electron chi connectivity index (χ4n) is 3.74. The van der Waals surface area contributed by atoms with Gasteiger partial charge >= 0.3 is 5.97 Å². The fraction of sp³-hybridized carbons (Fsp3) is 0.333. The van der Waals surface area contributed by atoms with E-state index in [0.29, 0.717) is 5.56 Å². The van der Waals surface area contributed by atoms with Crippen LogP contribution in [0.1, 0.15) is 11.6 Å². The Balaban J connectivity index is 1.59. The number of carboxylic acid groups (broad SMARTS) is 1. The Bertz CT molecular complexity index is 1320. The molecule has 3 unspecified atom stereocenters. The molecule has 15 nitrogen and oxygen atoms in total. The highest BCUT2D eigenvalue weighted by atomic mass is 32.2. The normalized spacial score (nSPS) is 21.2. The second-order valence-corrected chi connectivity index (χ2v) is 11.3. The molecule has 0 spiro atoms. The van der Waals surface area contributed by atoms with Gasteiger partial charge < -0.3 is 10.4 Å². The number of nitroso groups, excluding NO2 is 1. The lowest BCUT2D eigenvalue weighted by atomic mass is 10.0. The van der Waals surface area contributed by atoms with Crippen LogP contribution in [0.25, 0.3) is 0 Å². The molecule has 1 aromatic heterocycles. The van der Waals surface area contributed by atoms with Crippen molar-refractivity contribution in [2.24, 2.45) is 5.18 Å². The van der Waals surface area contributed by atoms with Crippen LogP contribution < -0.4 is 5.32 Å². The van der Waals surface area contributed by atoms with Crippen LogP contribution in [0.2, 0.25) is 0 Å². The van der Waals surface area contributed by atoms with E-state index in [4.69, 9.17) is 0 Å². The Kier molecular flexibility index (Phi) is 7.38. The molecule has 0 radical (unpaired) electrons. The van der Waals surface area contributed by atoms with Crippen molar-refractivity contribution in [3.05, 3.63) is 52.1 Å². The van der Waals surface area contributed by atoms with Gasteiger partial charge in [-0.1, -0.05) is 47.3 Å². The average molecular weight is 556 g/mol. The van der Waals surface area contributed by atoms with Crippen LogP contribution >= 0.6 is 23.5 Å². The Hall–Kier alpha value is -3.35. The van der Waals surface area contributed by atoms with Gasteiger partial charge in [0.15, 0.2) is 6.04 Å². The highest BCUT2D eigenvalue weighted by molar-refractivity contribution is 8.01. The minimum absolute atomic E-state index is 0.00130. The van der Waals surface area contributed by atoms with Crippen LogP contribution in [0.15, 0.2) is 51.9 Å². The van der Waals surface area contributed by atoms with Gasteiger partial charge in [-0.2, -0.15) is 13.6 Å². The Morgan fingerprint density at radius 3 is 2.64 bits per heavy atom. The first-order valence-corrected chi connectivity index (χ1v) is 13.6. The molecule has 4 rings (SSSR count). The number of nitrogens with zero attached hydrogens (tertiary/aromatic N) is 5. The third-order valence-electron chi connectivity index (χ3n) is 5.29. The molecule has 3 heterocycles. The highest BCUT2D eigenvalue weighted by Gasteiger charge is 2.55. The van der Waals surface area contributed by atoms with Gasteiger partial charge in [0.2, 0.25) is 5.16 Å². The Morgan fingerprint density at radius 2 is 2.06 bits per heavy atom. The van der Waals surface area contributed by atoms with Gasteiger partial charge in [-0.3, -0.25) is 19.0 Å². The molecule has 4 N–H and O–H groups in total. The van der Waals surface area contributed by atoms with E-state index in [1.807, 2.05) is 0 Å². The fourth-order valence-corrected chi connectivity index (χ4v) is 7.42. The topological polar surface area (TPSA) is 225 Å². The average Bonchev–Trinajstić information content (AvgIpc) is 3.34. The van der Waals surface area contributed by atoms with E-state index >= 15 is 0 Å². The van der Waals surface area contributed by atoms with Gasteiger partial charge in [-0.15, -0.1) is 26.9 Å². The summed E-state index contributed by atoms with van der Waals surface area (Å²) in [6, 6.07) is 5.46. The number of carbonyl (C=O) groups excluding carboxylic acids is 2. The summed E-state index contributed by atoms with van der Waals surface area (Å²) >= 11 is 1.83. The summed E-state index contributed by atoms with van der Waals surface area (Å²) in [6.07, 6.45) is 0. The summed E-state index contributed by atoms with van der Waals surface area (Å²) in [5.41, 5.74) is -0.0945. The summed E-state index contributed by atoms with van der Waals surface area (Å²) in [5.74, 6) is -3.99. The number of nitrogens with one attached hydrogen (secondary N) is 2. The minimum Gasteiger partial charge on any atom is -0.477 e. The van der Waals surface area contributed by atoms with Crippen LogP contribution in [0.3, 0.4) is 0 Å². The van der Waals surface area contributed by atoms with E-state index in [1.165, 1.54) is 12.1 Å². The van der Waals surface area contributed by atoms with Crippen LogP contribution in [0.4, 0.5) is 0 Å². The first-order chi connectivity index (χ1) is 17.1. The van der Waals surface area contributed by atoms with Crippen molar-refractivity contribution in [1.29, 1.82) is 0 Å². The van der Waals surface area contributed by atoms with Gasteiger partial charge in [0.05, 0.1) is 11.0 Å². The van der Waals surface area contributed by atoms with Gasteiger partial charge in [-0.25, -0.2) is 4.79 Å². The number of amides is 2. The summed E-state index contributed by atoms with van der Waals surface area (Å²) in [5, 5.41) is 26.2. The maximum atomic E-state index is 12.9. The molecule has 2 amide bonds. The molecule has 1 saturated heterocycles. The van der Waals surface area contributed by atoms with Crippen molar-refractivity contribution in [2.45, 2.75) is 27.9 Å². The number of fused-ring (bicyclic) bond motifs is 1. The molecule has 1 fully saturated rings. The van der Waals surface area contributed by atoms with Crippen LogP contribution in [-0.2, 0) is 24.5 Å². The Labute approximate surface area is 211 Å². The lowest BCUT2D eigenvalue weighted by Gasteiger charge is -2.50. The summed E-state index contributed by atoms with van der Waals surface area (Å²) in [6.45, 7) is 0. The lowest BCUT2D eigenvalue weighted by molar-refractivity contribution is -0.150. The van der Waals surface area contributed by atoms with Crippen molar-refractivity contribution < 1.29 is 32.5 Å². The van der Waals surface area contributed by atoms with Crippen molar-refractivity contribution in [1.82, 2.24) is 30.8 Å². The molecule has 0 saturated carbocycles. The zero-order valence-corrected chi connectivity index (χ0v) is 20.4. The SMILES string of the molecule is O=NC(C(=O)NC1C(=O)N2C(C(=O)O)=C(C(CS(=O)(=O)O)Sc3nn[nH]n3)CS[C@@H]12)c1ccccc1. The highest BCUT2D eigenvalue weighted by Crippen LogP contribution is 2.44. The zero-order valence-electron chi connectivity index (χ0n) is 17.9. The maximum Gasteiger partial charge on any atom is 0.352 e. The van der Waals surface area contributed by atoms with Gasteiger partial charge in [0.25, 0.3) is 21.9 Å².